The van der Waals surface area contributed by atoms with Crippen LogP contribution in [0.25, 0.3) is 0 Å². The Morgan fingerprint density at radius 2 is 2.21 bits per heavy atom. The van der Waals surface area contributed by atoms with Crippen molar-refractivity contribution in [2.24, 2.45) is 11.1 Å². The molecule has 0 aromatic heterocycles. The molecule has 0 spiro atoms. The van der Waals surface area contributed by atoms with Gasteiger partial charge in [0.1, 0.15) is 4.90 Å². The quantitative estimate of drug-likeness (QED) is 0.708. The SMILES string of the molecule is CC(Nc1ccc(N)cc1S(N)(=O)=O)C1CCOC1. The van der Waals surface area contributed by atoms with Gasteiger partial charge in [-0.2, -0.15) is 0 Å². The van der Waals surface area contributed by atoms with E-state index in [0.29, 0.717) is 23.9 Å². The predicted molar refractivity (Wildman–Crippen MR) is 74.2 cm³/mol. The monoisotopic (exact) mass is 285 g/mol. The summed E-state index contributed by atoms with van der Waals surface area (Å²) in [5.41, 5.74) is 6.46. The number of primary sulfonamides is 1. The number of nitrogen functional groups attached to an aromatic ring is 1. The van der Waals surface area contributed by atoms with Gasteiger partial charge in [-0.1, -0.05) is 0 Å². The lowest BCUT2D eigenvalue weighted by Crippen LogP contribution is -2.27. The summed E-state index contributed by atoms with van der Waals surface area (Å²) < 4.78 is 28.5. The lowest BCUT2D eigenvalue weighted by atomic mass is 10.0. The van der Waals surface area contributed by atoms with Crippen molar-refractivity contribution >= 4 is 21.4 Å². The zero-order chi connectivity index (χ0) is 14.0. The third-order valence-electron chi connectivity index (χ3n) is 3.37. The maximum Gasteiger partial charge on any atom is 0.240 e. The van der Waals surface area contributed by atoms with Crippen molar-refractivity contribution in [3.05, 3.63) is 18.2 Å². The van der Waals surface area contributed by atoms with Crippen molar-refractivity contribution in [3.63, 3.8) is 0 Å². The first kappa shape index (κ1) is 14.1. The van der Waals surface area contributed by atoms with E-state index in [2.05, 4.69) is 5.32 Å². The fourth-order valence-corrected chi connectivity index (χ4v) is 2.94. The standard InChI is InChI=1S/C12H19N3O3S/c1-8(9-4-5-18-7-9)15-11-3-2-10(13)6-12(11)19(14,16)17/h2-3,6,8-9,15H,4-5,7,13H2,1H3,(H2,14,16,17). The minimum absolute atomic E-state index is 0.0262. The summed E-state index contributed by atoms with van der Waals surface area (Å²) in [5, 5.41) is 8.40. The third kappa shape index (κ3) is 3.37. The highest BCUT2D eigenvalue weighted by atomic mass is 32.2. The Kier molecular flexibility index (Phi) is 3.98. The molecular weight excluding hydrogens is 266 g/mol. The predicted octanol–water partition coefficient (Wildman–Crippen LogP) is 0.753. The number of nitrogens with two attached hydrogens (primary N) is 2. The van der Waals surface area contributed by atoms with Crippen LogP contribution in [0.4, 0.5) is 11.4 Å². The van der Waals surface area contributed by atoms with Gasteiger partial charge >= 0.3 is 0 Å². The molecule has 1 aliphatic heterocycles. The smallest absolute Gasteiger partial charge is 0.240 e. The lowest BCUT2D eigenvalue weighted by Gasteiger charge is -2.22. The van der Waals surface area contributed by atoms with E-state index in [1.807, 2.05) is 6.92 Å². The fraction of sp³-hybridized carbons (Fsp3) is 0.500. The van der Waals surface area contributed by atoms with Crippen LogP contribution in [0.15, 0.2) is 23.1 Å². The molecule has 1 fully saturated rings. The minimum Gasteiger partial charge on any atom is -0.399 e. The number of rotatable bonds is 4. The van der Waals surface area contributed by atoms with E-state index in [4.69, 9.17) is 15.6 Å². The molecule has 0 amide bonds. The molecule has 1 heterocycles. The highest BCUT2D eigenvalue weighted by Crippen LogP contribution is 2.26. The Labute approximate surface area is 113 Å². The number of sulfonamides is 1. The van der Waals surface area contributed by atoms with Gasteiger partial charge in [0, 0.05) is 24.3 Å². The van der Waals surface area contributed by atoms with Crippen LogP contribution in [0, 0.1) is 5.92 Å². The van der Waals surface area contributed by atoms with Gasteiger partial charge in [-0.15, -0.1) is 0 Å². The second kappa shape index (κ2) is 5.36. The summed E-state index contributed by atoms with van der Waals surface area (Å²) >= 11 is 0. The number of nitrogens with one attached hydrogen (secondary N) is 1. The van der Waals surface area contributed by atoms with Gasteiger partial charge in [-0.25, -0.2) is 13.6 Å². The normalized spacial score (nSPS) is 21.3. The molecule has 5 N–H and O–H groups in total. The van der Waals surface area contributed by atoms with Crippen molar-refractivity contribution in [2.45, 2.75) is 24.3 Å². The van der Waals surface area contributed by atoms with E-state index in [1.165, 1.54) is 6.07 Å². The summed E-state index contributed by atoms with van der Waals surface area (Å²) in [4.78, 5) is 0.0262. The van der Waals surface area contributed by atoms with E-state index in [1.54, 1.807) is 12.1 Å². The van der Waals surface area contributed by atoms with Crippen LogP contribution in [0.5, 0.6) is 0 Å². The third-order valence-corrected chi connectivity index (χ3v) is 4.32. The molecule has 0 aliphatic carbocycles. The molecule has 1 saturated heterocycles. The van der Waals surface area contributed by atoms with Crippen LogP contribution >= 0.6 is 0 Å². The van der Waals surface area contributed by atoms with Crippen molar-refractivity contribution in [3.8, 4) is 0 Å². The topological polar surface area (TPSA) is 107 Å². The van der Waals surface area contributed by atoms with E-state index in [9.17, 15) is 8.42 Å². The van der Waals surface area contributed by atoms with E-state index < -0.39 is 10.0 Å². The molecule has 1 aliphatic rings. The molecule has 7 heteroatoms. The maximum absolute atomic E-state index is 11.6. The van der Waals surface area contributed by atoms with Gasteiger partial charge in [-0.3, -0.25) is 0 Å². The molecule has 1 aromatic carbocycles. The molecule has 106 valence electrons. The van der Waals surface area contributed by atoms with Crippen LogP contribution in [0.1, 0.15) is 13.3 Å². The first-order valence-corrected chi connectivity index (χ1v) is 7.69. The average Bonchev–Trinajstić information content (AvgIpc) is 2.83. The van der Waals surface area contributed by atoms with Crippen molar-refractivity contribution in [1.29, 1.82) is 0 Å². The summed E-state index contributed by atoms with van der Waals surface area (Å²) in [5.74, 6) is 0.367. The van der Waals surface area contributed by atoms with Crippen LogP contribution in [0.3, 0.4) is 0 Å². The highest BCUT2D eigenvalue weighted by molar-refractivity contribution is 7.89. The number of hydrogen-bond acceptors (Lipinski definition) is 5. The van der Waals surface area contributed by atoms with Crippen LogP contribution < -0.4 is 16.2 Å². The Morgan fingerprint density at radius 1 is 1.47 bits per heavy atom. The summed E-state index contributed by atoms with van der Waals surface area (Å²) in [6, 6.07) is 4.76. The Morgan fingerprint density at radius 3 is 2.79 bits per heavy atom. The zero-order valence-corrected chi connectivity index (χ0v) is 11.6. The first-order valence-electron chi connectivity index (χ1n) is 6.14. The molecule has 2 atom stereocenters. The van der Waals surface area contributed by atoms with Crippen LogP contribution in [-0.2, 0) is 14.8 Å². The molecule has 6 nitrogen and oxygen atoms in total. The lowest BCUT2D eigenvalue weighted by molar-refractivity contribution is 0.183. The number of hydrogen-bond donors (Lipinski definition) is 3. The molecule has 0 bridgehead atoms. The Balaban J connectivity index is 2.24. The van der Waals surface area contributed by atoms with E-state index in [0.717, 1.165) is 13.0 Å². The Bertz CT molecular complexity index is 553. The summed E-state index contributed by atoms with van der Waals surface area (Å²) in [6.07, 6.45) is 0.966. The summed E-state index contributed by atoms with van der Waals surface area (Å²) in [7, 11) is -3.80. The highest BCUT2D eigenvalue weighted by Gasteiger charge is 2.24. The molecule has 2 rings (SSSR count). The van der Waals surface area contributed by atoms with Gasteiger partial charge in [0.15, 0.2) is 0 Å². The molecule has 19 heavy (non-hydrogen) atoms. The van der Waals surface area contributed by atoms with Crippen molar-refractivity contribution < 1.29 is 13.2 Å². The molecule has 1 aromatic rings. The number of anilines is 2. The van der Waals surface area contributed by atoms with Gasteiger partial charge in [0.25, 0.3) is 0 Å². The molecule has 0 radical (unpaired) electrons. The van der Waals surface area contributed by atoms with Crippen LogP contribution in [0.2, 0.25) is 0 Å². The molecule has 0 saturated carbocycles. The largest absolute Gasteiger partial charge is 0.399 e. The van der Waals surface area contributed by atoms with Gasteiger partial charge in [0.05, 0.1) is 12.3 Å². The molecular formula is C12H19N3O3S. The van der Waals surface area contributed by atoms with Gasteiger partial charge in [-0.05, 0) is 31.5 Å². The molecule has 2 unspecified atom stereocenters. The van der Waals surface area contributed by atoms with Crippen molar-refractivity contribution in [1.82, 2.24) is 0 Å². The first-order chi connectivity index (χ1) is 8.88. The van der Waals surface area contributed by atoms with Crippen molar-refractivity contribution in [2.75, 3.05) is 24.3 Å². The van der Waals surface area contributed by atoms with Gasteiger partial charge in [0.2, 0.25) is 10.0 Å². The van der Waals surface area contributed by atoms with Gasteiger partial charge < -0.3 is 15.8 Å². The van der Waals surface area contributed by atoms with Crippen LogP contribution in [-0.4, -0.2) is 27.7 Å². The average molecular weight is 285 g/mol. The fourth-order valence-electron chi connectivity index (χ4n) is 2.20. The minimum atomic E-state index is -3.80. The van der Waals surface area contributed by atoms with E-state index >= 15 is 0 Å². The van der Waals surface area contributed by atoms with E-state index in [-0.39, 0.29) is 10.9 Å². The second-order valence-corrected chi connectivity index (χ2v) is 6.39. The maximum atomic E-state index is 11.6. The zero-order valence-electron chi connectivity index (χ0n) is 10.8. The summed E-state index contributed by atoms with van der Waals surface area (Å²) in [6.45, 7) is 3.44. The second-order valence-electron chi connectivity index (χ2n) is 4.86. The number of benzene rings is 1. The Hall–Kier alpha value is -1.31. The number of ether oxygens (including phenoxy) is 1.